The average Bonchev–Trinajstić information content (AvgIpc) is 2.89. The Morgan fingerprint density at radius 2 is 1.91 bits per heavy atom. The van der Waals surface area contributed by atoms with E-state index >= 15 is 0 Å². The Bertz CT molecular complexity index is 620. The number of thiophene rings is 1. The number of halogens is 1. The first-order valence-electron chi connectivity index (χ1n) is 7.44. The zero-order valence-corrected chi connectivity index (χ0v) is 14.5. The molecule has 1 saturated carbocycles. The minimum Gasteiger partial charge on any atom is -0.323 e. The predicted octanol–water partition coefficient (Wildman–Crippen LogP) is 3.34. The van der Waals surface area contributed by atoms with Crippen LogP contribution in [-0.2, 0) is 4.79 Å². The van der Waals surface area contributed by atoms with Crippen molar-refractivity contribution in [3.8, 4) is 0 Å². The predicted molar refractivity (Wildman–Crippen MR) is 87.0 cm³/mol. The zero-order chi connectivity index (χ0) is 15.7. The number of nitrogens with zero attached hydrogens (tertiary/aromatic N) is 1. The third-order valence-electron chi connectivity index (χ3n) is 4.35. The van der Waals surface area contributed by atoms with E-state index in [1.807, 2.05) is 0 Å². The van der Waals surface area contributed by atoms with Crippen molar-refractivity contribution in [2.45, 2.75) is 44.1 Å². The Morgan fingerprint density at radius 1 is 1.23 bits per heavy atom. The van der Waals surface area contributed by atoms with Crippen molar-refractivity contribution in [1.82, 2.24) is 10.2 Å². The van der Waals surface area contributed by atoms with Gasteiger partial charge in [0.15, 0.2) is 5.78 Å². The summed E-state index contributed by atoms with van der Waals surface area (Å²) in [5.74, 6) is -0.437. The molecule has 3 amide bonds. The maximum Gasteiger partial charge on any atom is 0.325 e. The van der Waals surface area contributed by atoms with Gasteiger partial charge in [0.2, 0.25) is 0 Å². The molecule has 1 aromatic heterocycles. The Kier molecular flexibility index (Phi) is 4.36. The van der Waals surface area contributed by atoms with E-state index in [2.05, 4.69) is 21.2 Å². The van der Waals surface area contributed by atoms with Gasteiger partial charge in [-0.05, 0) is 40.9 Å². The number of carbonyl (C=O) groups excluding carboxylic acids is 3. The van der Waals surface area contributed by atoms with Crippen molar-refractivity contribution in [2.24, 2.45) is 0 Å². The number of nitrogens with one attached hydrogen (secondary N) is 1. The number of ketones is 1. The Morgan fingerprint density at radius 3 is 2.50 bits per heavy atom. The van der Waals surface area contributed by atoms with Crippen LogP contribution in [0.3, 0.4) is 0 Å². The molecule has 2 fully saturated rings. The van der Waals surface area contributed by atoms with Gasteiger partial charge in [-0.2, -0.15) is 0 Å². The molecule has 118 valence electrons. The molecule has 2 heterocycles. The van der Waals surface area contributed by atoms with Gasteiger partial charge in [0.1, 0.15) is 5.54 Å². The third kappa shape index (κ3) is 2.84. The summed E-state index contributed by atoms with van der Waals surface area (Å²) in [5, 5.41) is 2.85. The lowest BCUT2D eigenvalue weighted by molar-refractivity contribution is -0.131. The molecule has 0 bridgehead atoms. The molecule has 0 radical (unpaired) electrons. The van der Waals surface area contributed by atoms with Crippen LogP contribution in [0, 0.1) is 0 Å². The fourth-order valence-corrected chi connectivity index (χ4v) is 4.49. The fraction of sp³-hybridized carbons (Fsp3) is 0.533. The van der Waals surface area contributed by atoms with Crippen LogP contribution < -0.4 is 5.32 Å². The van der Waals surface area contributed by atoms with Crippen molar-refractivity contribution >= 4 is 45.0 Å². The topological polar surface area (TPSA) is 66.5 Å². The lowest BCUT2D eigenvalue weighted by atomic mass is 9.90. The van der Waals surface area contributed by atoms with Crippen LogP contribution in [0.25, 0.3) is 0 Å². The van der Waals surface area contributed by atoms with Gasteiger partial charge in [0, 0.05) is 0 Å². The molecule has 0 aromatic carbocycles. The maximum absolute atomic E-state index is 12.7. The van der Waals surface area contributed by atoms with Gasteiger partial charge >= 0.3 is 6.03 Å². The number of urea groups is 1. The van der Waals surface area contributed by atoms with Crippen LogP contribution in [-0.4, -0.2) is 34.7 Å². The summed E-state index contributed by atoms with van der Waals surface area (Å²) in [5.41, 5.74) is -0.774. The molecule has 5 nitrogen and oxygen atoms in total. The molecule has 1 aliphatic carbocycles. The van der Waals surface area contributed by atoms with Crippen LogP contribution in [0.15, 0.2) is 15.9 Å². The van der Waals surface area contributed by atoms with E-state index < -0.39 is 11.6 Å². The van der Waals surface area contributed by atoms with E-state index in [0.29, 0.717) is 17.7 Å². The number of rotatable bonds is 3. The smallest absolute Gasteiger partial charge is 0.323 e. The number of amides is 3. The van der Waals surface area contributed by atoms with Crippen molar-refractivity contribution in [3.63, 3.8) is 0 Å². The molecule has 3 rings (SSSR count). The number of Topliss-reactive ketones (excluding diaryl/α,β-unsaturated/α-hetero) is 1. The minimum atomic E-state index is -0.774. The number of carbonyl (C=O) groups is 3. The highest BCUT2D eigenvalue weighted by atomic mass is 79.9. The molecule has 2 aliphatic rings. The van der Waals surface area contributed by atoms with Gasteiger partial charge in [0.05, 0.1) is 15.2 Å². The number of hydrogen-bond donors (Lipinski definition) is 1. The molecule has 1 aromatic rings. The largest absolute Gasteiger partial charge is 0.325 e. The lowest BCUT2D eigenvalue weighted by Crippen LogP contribution is -2.46. The fourth-order valence-electron chi connectivity index (χ4n) is 3.18. The molecule has 0 atom stereocenters. The van der Waals surface area contributed by atoms with Gasteiger partial charge in [-0.25, -0.2) is 4.79 Å². The first-order valence-corrected chi connectivity index (χ1v) is 9.05. The van der Waals surface area contributed by atoms with Crippen LogP contribution in [0.2, 0.25) is 0 Å². The summed E-state index contributed by atoms with van der Waals surface area (Å²) in [6, 6.07) is 3.06. The van der Waals surface area contributed by atoms with Crippen molar-refractivity contribution in [3.05, 3.63) is 20.8 Å². The SMILES string of the molecule is O=C(CN1C(=O)NC2(CCCCCC2)C1=O)c1ccc(Br)s1. The van der Waals surface area contributed by atoms with Crippen LogP contribution in [0.1, 0.15) is 48.2 Å². The molecule has 7 heteroatoms. The highest BCUT2D eigenvalue weighted by Gasteiger charge is 2.51. The van der Waals surface area contributed by atoms with Crippen molar-refractivity contribution < 1.29 is 14.4 Å². The Balaban J connectivity index is 1.75. The molecular weight excluding hydrogens is 368 g/mol. The highest BCUT2D eigenvalue weighted by Crippen LogP contribution is 2.33. The van der Waals surface area contributed by atoms with E-state index in [-0.39, 0.29) is 18.2 Å². The summed E-state index contributed by atoms with van der Waals surface area (Å²) >= 11 is 4.62. The van der Waals surface area contributed by atoms with Crippen molar-refractivity contribution in [2.75, 3.05) is 6.54 Å². The first kappa shape index (κ1) is 15.7. The molecule has 1 spiro atoms. The second kappa shape index (κ2) is 6.12. The second-order valence-electron chi connectivity index (χ2n) is 5.84. The summed E-state index contributed by atoms with van der Waals surface area (Å²) in [6.07, 6.45) is 5.40. The molecule has 1 N–H and O–H groups in total. The molecular formula is C15H17BrN2O3S. The first-order chi connectivity index (χ1) is 10.5. The normalized spacial score (nSPS) is 21.0. The third-order valence-corrected chi connectivity index (χ3v) is 6.02. The average molecular weight is 385 g/mol. The zero-order valence-electron chi connectivity index (χ0n) is 12.1. The van der Waals surface area contributed by atoms with Gasteiger partial charge in [0.25, 0.3) is 5.91 Å². The van der Waals surface area contributed by atoms with E-state index in [9.17, 15) is 14.4 Å². The Hall–Kier alpha value is -1.21. The van der Waals surface area contributed by atoms with Gasteiger partial charge in [-0.3, -0.25) is 14.5 Å². The summed E-state index contributed by atoms with van der Waals surface area (Å²) in [4.78, 5) is 38.8. The number of hydrogen-bond acceptors (Lipinski definition) is 4. The van der Waals surface area contributed by atoms with E-state index in [4.69, 9.17) is 0 Å². The van der Waals surface area contributed by atoms with Gasteiger partial charge < -0.3 is 5.32 Å². The minimum absolute atomic E-state index is 0.181. The highest BCUT2D eigenvalue weighted by molar-refractivity contribution is 9.11. The molecule has 0 unspecified atom stereocenters. The van der Waals surface area contributed by atoms with Gasteiger partial charge in [-0.15, -0.1) is 11.3 Å². The second-order valence-corrected chi connectivity index (χ2v) is 8.31. The van der Waals surface area contributed by atoms with E-state index in [1.54, 1.807) is 12.1 Å². The summed E-state index contributed by atoms with van der Waals surface area (Å²) < 4.78 is 0.855. The standard InChI is InChI=1S/C15H17BrN2O3S/c16-12-6-5-11(22-12)10(19)9-18-13(20)15(17-14(18)21)7-3-1-2-4-8-15/h5-6H,1-4,7-9H2,(H,17,21). The molecule has 1 saturated heterocycles. The van der Waals surface area contributed by atoms with Crippen molar-refractivity contribution in [1.29, 1.82) is 0 Å². The van der Waals surface area contributed by atoms with Crippen LogP contribution >= 0.6 is 27.3 Å². The van der Waals surface area contributed by atoms with E-state index in [0.717, 1.165) is 34.4 Å². The quantitative estimate of drug-likeness (QED) is 0.641. The van der Waals surface area contributed by atoms with Crippen LogP contribution in [0.5, 0.6) is 0 Å². The van der Waals surface area contributed by atoms with Gasteiger partial charge in [-0.1, -0.05) is 25.7 Å². The number of imide groups is 1. The monoisotopic (exact) mass is 384 g/mol. The van der Waals surface area contributed by atoms with Crippen LogP contribution in [0.4, 0.5) is 4.79 Å². The lowest BCUT2D eigenvalue weighted by Gasteiger charge is -2.24. The summed E-state index contributed by atoms with van der Waals surface area (Å²) in [7, 11) is 0. The maximum atomic E-state index is 12.7. The van der Waals surface area contributed by atoms with E-state index in [1.165, 1.54) is 11.3 Å². The molecule has 1 aliphatic heterocycles. The Labute approximate surface area is 141 Å². The summed E-state index contributed by atoms with van der Waals surface area (Å²) in [6.45, 7) is -0.181. The molecule has 22 heavy (non-hydrogen) atoms.